The van der Waals surface area contributed by atoms with Gasteiger partial charge in [-0.1, -0.05) is 12.1 Å². The third kappa shape index (κ3) is 3.60. The van der Waals surface area contributed by atoms with E-state index in [1.165, 1.54) is 12.8 Å². The molecule has 32 heavy (non-hydrogen) atoms. The molecule has 0 atom stereocenters. The van der Waals surface area contributed by atoms with Crippen molar-refractivity contribution in [1.82, 2.24) is 19.9 Å². The molecule has 1 N–H and O–H groups in total. The predicted molar refractivity (Wildman–Crippen MR) is 124 cm³/mol. The standard InChI is InChI=1S/C26H21N5O/c1-2-11-27-20(5-1)21-9-6-17(15-29-21)16-30-24-14-23(31-22-10-13-32-26(22)24)19-4-3-12-28-25(19)18-7-8-18/h1-6,9-15,18H,7-8,16H2,(H,30,31). The average Bonchev–Trinajstić information content (AvgIpc) is 3.60. The third-order valence-electron chi connectivity index (χ3n) is 5.72. The van der Waals surface area contributed by atoms with Crippen LogP contribution in [-0.2, 0) is 6.54 Å². The molecule has 1 aliphatic carbocycles. The number of furan rings is 1. The zero-order chi connectivity index (χ0) is 21.3. The highest BCUT2D eigenvalue weighted by molar-refractivity contribution is 5.89. The van der Waals surface area contributed by atoms with Crippen molar-refractivity contribution in [2.24, 2.45) is 0 Å². The number of fused-ring (bicyclic) bond motifs is 1. The normalized spacial score (nSPS) is 13.4. The number of nitrogens with one attached hydrogen (secondary N) is 1. The fourth-order valence-electron chi connectivity index (χ4n) is 3.93. The minimum absolute atomic E-state index is 0.549. The van der Waals surface area contributed by atoms with Crippen molar-refractivity contribution in [3.05, 3.63) is 90.7 Å². The van der Waals surface area contributed by atoms with Gasteiger partial charge in [-0.25, -0.2) is 4.98 Å². The maximum atomic E-state index is 5.73. The Bertz CT molecular complexity index is 1370. The van der Waals surface area contributed by atoms with Gasteiger partial charge in [-0.2, -0.15) is 0 Å². The maximum absolute atomic E-state index is 5.73. The Kier molecular flexibility index (Phi) is 4.61. The summed E-state index contributed by atoms with van der Waals surface area (Å²) < 4.78 is 5.73. The van der Waals surface area contributed by atoms with Gasteiger partial charge in [0.05, 0.1) is 34.7 Å². The van der Waals surface area contributed by atoms with Crippen LogP contribution in [-0.4, -0.2) is 19.9 Å². The first-order valence-electron chi connectivity index (χ1n) is 10.8. The van der Waals surface area contributed by atoms with Crippen LogP contribution in [0.15, 0.2) is 83.9 Å². The van der Waals surface area contributed by atoms with E-state index in [0.29, 0.717) is 12.5 Å². The van der Waals surface area contributed by atoms with Gasteiger partial charge in [0.15, 0.2) is 5.58 Å². The van der Waals surface area contributed by atoms with Crippen molar-refractivity contribution in [2.45, 2.75) is 25.3 Å². The summed E-state index contributed by atoms with van der Waals surface area (Å²) >= 11 is 0. The van der Waals surface area contributed by atoms with Crippen LogP contribution in [0, 0.1) is 0 Å². The second kappa shape index (κ2) is 7.89. The van der Waals surface area contributed by atoms with Gasteiger partial charge in [-0.3, -0.25) is 15.0 Å². The number of aromatic nitrogens is 4. The second-order valence-corrected chi connectivity index (χ2v) is 8.02. The summed E-state index contributed by atoms with van der Waals surface area (Å²) in [4.78, 5) is 18.4. The van der Waals surface area contributed by atoms with Crippen LogP contribution >= 0.6 is 0 Å². The lowest BCUT2D eigenvalue weighted by molar-refractivity contribution is 0.616. The summed E-state index contributed by atoms with van der Waals surface area (Å²) in [7, 11) is 0. The summed E-state index contributed by atoms with van der Waals surface area (Å²) in [6, 6.07) is 17.9. The Labute approximate surface area is 185 Å². The van der Waals surface area contributed by atoms with Crippen molar-refractivity contribution in [1.29, 1.82) is 0 Å². The predicted octanol–water partition coefficient (Wildman–Crippen LogP) is 5.84. The van der Waals surface area contributed by atoms with Gasteiger partial charge < -0.3 is 9.73 Å². The fourth-order valence-corrected chi connectivity index (χ4v) is 3.93. The molecule has 0 spiro atoms. The minimum atomic E-state index is 0.549. The van der Waals surface area contributed by atoms with Gasteiger partial charge in [0.2, 0.25) is 0 Å². The lowest BCUT2D eigenvalue weighted by Crippen LogP contribution is -2.02. The van der Waals surface area contributed by atoms with E-state index in [0.717, 1.165) is 50.7 Å². The monoisotopic (exact) mass is 419 g/mol. The van der Waals surface area contributed by atoms with Crippen molar-refractivity contribution in [2.75, 3.05) is 5.32 Å². The Balaban J connectivity index is 1.29. The highest BCUT2D eigenvalue weighted by Gasteiger charge is 2.28. The maximum Gasteiger partial charge on any atom is 0.175 e. The quantitative estimate of drug-likeness (QED) is 0.373. The molecule has 0 aliphatic heterocycles. The number of anilines is 1. The smallest absolute Gasteiger partial charge is 0.175 e. The molecule has 1 saturated carbocycles. The minimum Gasteiger partial charge on any atom is -0.460 e. The molecule has 5 aromatic heterocycles. The van der Waals surface area contributed by atoms with Crippen molar-refractivity contribution in [3.8, 4) is 22.6 Å². The van der Waals surface area contributed by atoms with Gasteiger partial charge in [0.25, 0.3) is 0 Å². The molecule has 0 aromatic carbocycles. The summed E-state index contributed by atoms with van der Waals surface area (Å²) in [6.45, 7) is 0.622. The zero-order valence-corrected chi connectivity index (χ0v) is 17.4. The third-order valence-corrected chi connectivity index (χ3v) is 5.72. The first kappa shape index (κ1) is 18.7. The molecule has 1 fully saturated rings. The first-order chi connectivity index (χ1) is 15.8. The molecule has 6 heteroatoms. The Hall–Kier alpha value is -4.06. The number of rotatable bonds is 6. The average molecular weight is 419 g/mol. The van der Waals surface area contributed by atoms with Gasteiger partial charge in [0, 0.05) is 42.7 Å². The Morgan fingerprint density at radius 3 is 2.59 bits per heavy atom. The molecular weight excluding hydrogens is 398 g/mol. The van der Waals surface area contributed by atoms with Crippen LogP contribution in [0.3, 0.4) is 0 Å². The molecule has 0 radical (unpaired) electrons. The molecular formula is C26H21N5O. The van der Waals surface area contributed by atoms with E-state index in [4.69, 9.17) is 9.40 Å². The highest BCUT2D eigenvalue weighted by Crippen LogP contribution is 2.43. The van der Waals surface area contributed by atoms with E-state index in [9.17, 15) is 0 Å². The molecule has 5 aromatic rings. The lowest BCUT2D eigenvalue weighted by Gasteiger charge is -2.11. The number of nitrogens with zero attached hydrogens (tertiary/aromatic N) is 4. The molecule has 6 nitrogen and oxygen atoms in total. The van der Waals surface area contributed by atoms with E-state index in [-0.39, 0.29) is 0 Å². The van der Waals surface area contributed by atoms with E-state index in [1.54, 1.807) is 12.5 Å². The van der Waals surface area contributed by atoms with Crippen LogP contribution in [0.25, 0.3) is 33.7 Å². The van der Waals surface area contributed by atoms with Crippen LogP contribution in [0.4, 0.5) is 5.69 Å². The molecule has 1 aliphatic rings. The van der Waals surface area contributed by atoms with Crippen LogP contribution in [0.1, 0.15) is 30.0 Å². The molecule has 5 heterocycles. The molecule has 0 bridgehead atoms. The van der Waals surface area contributed by atoms with Crippen LogP contribution in [0.2, 0.25) is 0 Å². The number of pyridine rings is 4. The summed E-state index contributed by atoms with van der Waals surface area (Å²) in [6.07, 6.45) is 9.61. The lowest BCUT2D eigenvalue weighted by atomic mass is 10.1. The van der Waals surface area contributed by atoms with Gasteiger partial charge in [-0.05, 0) is 54.8 Å². The SMILES string of the molecule is c1ccc(-c2ccc(CNc3cc(-c4cccnc4C4CC4)nc4ccoc34)cn2)nc1. The summed E-state index contributed by atoms with van der Waals surface area (Å²) in [5, 5.41) is 3.51. The molecule has 156 valence electrons. The van der Waals surface area contributed by atoms with Gasteiger partial charge >= 0.3 is 0 Å². The van der Waals surface area contributed by atoms with E-state index in [1.807, 2.05) is 48.8 Å². The first-order valence-corrected chi connectivity index (χ1v) is 10.8. The van der Waals surface area contributed by atoms with Gasteiger partial charge in [0.1, 0.15) is 5.52 Å². The largest absolute Gasteiger partial charge is 0.460 e. The van der Waals surface area contributed by atoms with Crippen LogP contribution < -0.4 is 5.32 Å². The van der Waals surface area contributed by atoms with E-state index < -0.39 is 0 Å². The number of hydrogen-bond acceptors (Lipinski definition) is 6. The van der Waals surface area contributed by atoms with Gasteiger partial charge in [-0.15, -0.1) is 0 Å². The molecule has 0 saturated heterocycles. The topological polar surface area (TPSA) is 76.7 Å². The summed E-state index contributed by atoms with van der Waals surface area (Å²) in [5.74, 6) is 0.549. The molecule has 0 amide bonds. The zero-order valence-electron chi connectivity index (χ0n) is 17.4. The Morgan fingerprint density at radius 2 is 1.78 bits per heavy atom. The highest BCUT2D eigenvalue weighted by atomic mass is 16.3. The van der Waals surface area contributed by atoms with E-state index >= 15 is 0 Å². The van der Waals surface area contributed by atoms with Crippen molar-refractivity contribution < 1.29 is 4.42 Å². The van der Waals surface area contributed by atoms with Crippen molar-refractivity contribution in [3.63, 3.8) is 0 Å². The number of hydrogen-bond donors (Lipinski definition) is 1. The van der Waals surface area contributed by atoms with E-state index in [2.05, 4.69) is 38.5 Å². The van der Waals surface area contributed by atoms with Crippen molar-refractivity contribution >= 4 is 16.8 Å². The second-order valence-electron chi connectivity index (χ2n) is 8.02. The summed E-state index contributed by atoms with van der Waals surface area (Å²) in [5.41, 5.74) is 8.45. The molecule has 6 rings (SSSR count). The Morgan fingerprint density at radius 1 is 0.875 bits per heavy atom. The fraction of sp³-hybridized carbons (Fsp3) is 0.154. The molecule has 0 unspecified atom stereocenters. The van der Waals surface area contributed by atoms with Crippen LogP contribution in [0.5, 0.6) is 0 Å².